The van der Waals surface area contributed by atoms with Gasteiger partial charge < -0.3 is 9.84 Å². The number of aliphatic hydroxyl groups is 1. The summed E-state index contributed by atoms with van der Waals surface area (Å²) in [6, 6.07) is 3.37. The van der Waals surface area contributed by atoms with E-state index < -0.39 is 6.10 Å². The van der Waals surface area contributed by atoms with Crippen LogP contribution in [0, 0.1) is 0 Å². The molecule has 0 bridgehead atoms. The molecule has 0 saturated heterocycles. The minimum absolute atomic E-state index is 0.00329. The molecule has 0 spiro atoms. The van der Waals surface area contributed by atoms with Crippen LogP contribution in [-0.4, -0.2) is 22.7 Å². The maximum absolute atomic E-state index is 10.8. The molecule has 0 aliphatic heterocycles. The van der Waals surface area contributed by atoms with Crippen molar-refractivity contribution in [3.05, 3.63) is 30.1 Å². The largest absolute Gasteiger partial charge is 0.463 e. The van der Waals surface area contributed by atoms with Gasteiger partial charge in [0.2, 0.25) is 0 Å². The van der Waals surface area contributed by atoms with Crippen molar-refractivity contribution in [1.29, 1.82) is 0 Å². The van der Waals surface area contributed by atoms with E-state index in [-0.39, 0.29) is 12.6 Å². The minimum atomic E-state index is -0.770. The quantitative estimate of drug-likeness (QED) is 0.730. The van der Waals surface area contributed by atoms with Gasteiger partial charge in [0.1, 0.15) is 12.7 Å². The fourth-order valence-corrected chi connectivity index (χ4v) is 0.956. The number of carbonyl (C=O) groups excluding carboxylic acids is 1. The van der Waals surface area contributed by atoms with E-state index in [1.54, 1.807) is 31.5 Å². The first-order valence-electron chi connectivity index (χ1n) is 4.47. The summed E-state index contributed by atoms with van der Waals surface area (Å²) in [5.41, 5.74) is 0.698. The zero-order chi connectivity index (χ0) is 10.4. The van der Waals surface area contributed by atoms with Crippen LogP contribution in [0.3, 0.4) is 0 Å². The molecule has 0 aromatic carbocycles. The van der Waals surface area contributed by atoms with Crippen molar-refractivity contribution >= 4 is 5.97 Å². The van der Waals surface area contributed by atoms with Gasteiger partial charge >= 0.3 is 5.97 Å². The van der Waals surface area contributed by atoms with Crippen LogP contribution in [0.2, 0.25) is 0 Å². The minimum Gasteiger partial charge on any atom is -0.463 e. The molecule has 1 atom stereocenters. The van der Waals surface area contributed by atoms with Crippen LogP contribution in [0.5, 0.6) is 0 Å². The molecule has 76 valence electrons. The molecule has 1 aromatic heterocycles. The fraction of sp³-hybridized carbons (Fsp3) is 0.400. The SMILES string of the molecule is CCC(=O)OCC(O)c1ccncc1. The Hall–Kier alpha value is -1.42. The lowest BCUT2D eigenvalue weighted by atomic mass is 10.2. The number of ether oxygens (including phenoxy) is 1. The summed E-state index contributed by atoms with van der Waals surface area (Å²) in [7, 11) is 0. The van der Waals surface area contributed by atoms with Crippen molar-refractivity contribution in [2.75, 3.05) is 6.61 Å². The third kappa shape index (κ3) is 3.14. The monoisotopic (exact) mass is 195 g/mol. The number of hydrogen-bond acceptors (Lipinski definition) is 4. The van der Waals surface area contributed by atoms with Crippen LogP contribution in [0.1, 0.15) is 25.0 Å². The Morgan fingerprint density at radius 3 is 2.79 bits per heavy atom. The highest BCUT2D eigenvalue weighted by Crippen LogP contribution is 2.11. The zero-order valence-electron chi connectivity index (χ0n) is 8.01. The van der Waals surface area contributed by atoms with Crippen molar-refractivity contribution in [3.63, 3.8) is 0 Å². The molecule has 1 unspecified atom stereocenters. The van der Waals surface area contributed by atoms with Gasteiger partial charge in [0.15, 0.2) is 0 Å². The molecule has 14 heavy (non-hydrogen) atoms. The zero-order valence-corrected chi connectivity index (χ0v) is 8.01. The fourth-order valence-electron chi connectivity index (χ4n) is 0.956. The average Bonchev–Trinajstić information content (AvgIpc) is 2.26. The number of rotatable bonds is 4. The summed E-state index contributed by atoms with van der Waals surface area (Å²) in [6.07, 6.45) is 2.72. The number of esters is 1. The Kier molecular flexibility index (Phi) is 4.07. The third-order valence-corrected chi connectivity index (χ3v) is 1.78. The maximum Gasteiger partial charge on any atom is 0.305 e. The molecule has 0 saturated carbocycles. The molecule has 4 heteroatoms. The van der Waals surface area contributed by atoms with Crippen molar-refractivity contribution < 1.29 is 14.6 Å². The van der Waals surface area contributed by atoms with Gasteiger partial charge in [-0.1, -0.05) is 6.92 Å². The Morgan fingerprint density at radius 2 is 2.21 bits per heavy atom. The van der Waals surface area contributed by atoms with Crippen LogP contribution in [0.25, 0.3) is 0 Å². The van der Waals surface area contributed by atoms with Crippen molar-refractivity contribution in [2.45, 2.75) is 19.4 Å². The van der Waals surface area contributed by atoms with E-state index in [9.17, 15) is 9.90 Å². The van der Waals surface area contributed by atoms with Gasteiger partial charge in [0.05, 0.1) is 0 Å². The van der Waals surface area contributed by atoms with Crippen molar-refractivity contribution in [2.24, 2.45) is 0 Å². The Bertz CT molecular complexity index is 287. The van der Waals surface area contributed by atoms with Crippen molar-refractivity contribution in [3.8, 4) is 0 Å². The highest BCUT2D eigenvalue weighted by molar-refractivity contribution is 5.68. The van der Waals surface area contributed by atoms with Gasteiger partial charge in [-0.25, -0.2) is 0 Å². The van der Waals surface area contributed by atoms with Crippen molar-refractivity contribution in [1.82, 2.24) is 4.98 Å². The van der Waals surface area contributed by atoms with E-state index in [0.717, 1.165) is 0 Å². The van der Waals surface area contributed by atoms with Gasteiger partial charge in [-0.2, -0.15) is 0 Å². The highest BCUT2D eigenvalue weighted by Gasteiger charge is 2.09. The van der Waals surface area contributed by atoms with Crippen LogP contribution >= 0.6 is 0 Å². The molecule has 1 rings (SSSR count). The molecule has 4 nitrogen and oxygen atoms in total. The molecule has 0 radical (unpaired) electrons. The summed E-state index contributed by atoms with van der Waals surface area (Å²) in [6.45, 7) is 1.71. The summed E-state index contributed by atoms with van der Waals surface area (Å²) in [5, 5.41) is 9.56. The predicted molar refractivity (Wildman–Crippen MR) is 50.4 cm³/mol. The highest BCUT2D eigenvalue weighted by atomic mass is 16.5. The van der Waals surface area contributed by atoms with Gasteiger partial charge in [-0.05, 0) is 17.7 Å². The van der Waals surface area contributed by atoms with E-state index in [0.29, 0.717) is 12.0 Å². The molecule has 1 N–H and O–H groups in total. The normalized spacial score (nSPS) is 12.1. The number of hydrogen-bond donors (Lipinski definition) is 1. The molecule has 1 aromatic rings. The number of carbonyl (C=O) groups is 1. The van der Waals surface area contributed by atoms with E-state index in [2.05, 4.69) is 4.98 Å². The van der Waals surface area contributed by atoms with Crippen LogP contribution < -0.4 is 0 Å². The van der Waals surface area contributed by atoms with Gasteiger partial charge in [-0.15, -0.1) is 0 Å². The Morgan fingerprint density at radius 1 is 1.57 bits per heavy atom. The smallest absolute Gasteiger partial charge is 0.305 e. The van der Waals surface area contributed by atoms with Crippen LogP contribution in [0.15, 0.2) is 24.5 Å². The summed E-state index contributed by atoms with van der Waals surface area (Å²) in [5.74, 6) is -0.307. The van der Waals surface area contributed by atoms with E-state index in [1.807, 2.05) is 0 Å². The lowest BCUT2D eigenvalue weighted by Gasteiger charge is -2.10. The lowest BCUT2D eigenvalue weighted by Crippen LogP contribution is -2.11. The van der Waals surface area contributed by atoms with E-state index >= 15 is 0 Å². The maximum atomic E-state index is 10.8. The topological polar surface area (TPSA) is 59.4 Å². The van der Waals surface area contributed by atoms with Gasteiger partial charge in [-0.3, -0.25) is 9.78 Å². The van der Waals surface area contributed by atoms with Crippen LogP contribution in [0.4, 0.5) is 0 Å². The first-order valence-corrected chi connectivity index (χ1v) is 4.47. The summed E-state index contributed by atoms with van der Waals surface area (Å²) in [4.78, 5) is 14.6. The Balaban J connectivity index is 2.43. The van der Waals surface area contributed by atoms with E-state index in [4.69, 9.17) is 4.74 Å². The lowest BCUT2D eigenvalue weighted by molar-refractivity contribution is -0.146. The molecule has 0 aliphatic rings. The number of aromatic nitrogens is 1. The number of pyridine rings is 1. The summed E-state index contributed by atoms with van der Waals surface area (Å²) >= 11 is 0. The first-order chi connectivity index (χ1) is 6.74. The number of aliphatic hydroxyl groups excluding tert-OH is 1. The summed E-state index contributed by atoms with van der Waals surface area (Å²) < 4.78 is 4.80. The predicted octanol–water partition coefficient (Wildman–Crippen LogP) is 1.07. The molecule has 0 aliphatic carbocycles. The molecule has 1 heterocycles. The molecule has 0 amide bonds. The van der Waals surface area contributed by atoms with Gasteiger partial charge in [0.25, 0.3) is 0 Å². The molecular formula is C10H13NO3. The first kappa shape index (κ1) is 10.7. The molecular weight excluding hydrogens is 182 g/mol. The van der Waals surface area contributed by atoms with Gasteiger partial charge in [0, 0.05) is 18.8 Å². The average molecular weight is 195 g/mol. The number of nitrogens with zero attached hydrogens (tertiary/aromatic N) is 1. The Labute approximate surface area is 82.5 Å². The van der Waals surface area contributed by atoms with Crippen LogP contribution in [-0.2, 0) is 9.53 Å². The second kappa shape index (κ2) is 5.34. The third-order valence-electron chi connectivity index (χ3n) is 1.78. The standard InChI is InChI=1S/C10H13NO3/c1-2-10(13)14-7-9(12)8-3-5-11-6-4-8/h3-6,9,12H,2,7H2,1H3. The second-order valence-electron chi connectivity index (χ2n) is 2.83. The second-order valence-corrected chi connectivity index (χ2v) is 2.83. The van der Waals surface area contributed by atoms with E-state index in [1.165, 1.54) is 0 Å². The molecule has 0 fully saturated rings.